The van der Waals surface area contributed by atoms with Crippen LogP contribution >= 0.6 is 0 Å². The van der Waals surface area contributed by atoms with E-state index in [1.807, 2.05) is 13.0 Å². The zero-order valence-corrected chi connectivity index (χ0v) is 23.1. The summed E-state index contributed by atoms with van der Waals surface area (Å²) in [6.45, 7) is 4.10. The van der Waals surface area contributed by atoms with Gasteiger partial charge in [-0.1, -0.05) is 11.1 Å². The maximum absolute atomic E-state index is 15.3. The van der Waals surface area contributed by atoms with Crippen molar-refractivity contribution in [3.05, 3.63) is 74.8 Å². The van der Waals surface area contributed by atoms with Crippen LogP contribution in [0.1, 0.15) is 39.6 Å². The van der Waals surface area contributed by atoms with E-state index in [2.05, 4.69) is 36.8 Å². The smallest absolute Gasteiger partial charge is 0.328 e. The van der Waals surface area contributed by atoms with E-state index in [1.165, 1.54) is 23.8 Å². The Morgan fingerprint density at radius 1 is 1.27 bits per heavy atom. The minimum atomic E-state index is -1.05. The lowest BCUT2D eigenvalue weighted by atomic mass is 10.0. The molecular formula is C28H29FN8O4. The number of ether oxygens (including phenoxy) is 1. The van der Waals surface area contributed by atoms with Gasteiger partial charge in [0.2, 0.25) is 0 Å². The number of nitrogens with one attached hydrogen (secondary N) is 2. The molecule has 0 saturated heterocycles. The largest absolute Gasteiger partial charge is 0.467 e. The molecule has 4 aromatic rings. The molecule has 0 bridgehead atoms. The highest BCUT2D eigenvalue weighted by Gasteiger charge is 2.25. The van der Waals surface area contributed by atoms with Gasteiger partial charge in [0, 0.05) is 25.7 Å². The van der Waals surface area contributed by atoms with E-state index in [9.17, 15) is 14.4 Å². The van der Waals surface area contributed by atoms with Crippen LogP contribution in [-0.2, 0) is 29.5 Å². The SMILES string of the molecule is C#CCN(Cc1cc2c(=O)n(C)c(C)nc2cc1C)c1ccc(C(=O)N[C@@H](CCc2nn[nH]n2)C(=O)OC)c(F)c1. The second kappa shape index (κ2) is 12.4. The van der Waals surface area contributed by atoms with Gasteiger partial charge in [-0.05, 0) is 61.7 Å². The van der Waals surface area contributed by atoms with Gasteiger partial charge >= 0.3 is 5.97 Å². The van der Waals surface area contributed by atoms with E-state index in [1.54, 1.807) is 31.0 Å². The summed E-state index contributed by atoms with van der Waals surface area (Å²) in [6, 6.07) is 6.68. The standard InChI is InChI=1S/C28H29FN8O4/c1-6-11-37(15-18-13-21-24(12-16(18)2)30-17(3)36(4)27(21)39)19-7-8-20(22(29)14-19)26(38)31-23(28(40)41-5)9-10-25-32-34-35-33-25/h1,7-8,12-14,23H,9-11,15H2,2-5H3,(H,31,38)(H,32,33,34,35)/t23-/m0/s1. The molecule has 0 unspecified atom stereocenters. The Bertz CT molecular complexity index is 1690. The summed E-state index contributed by atoms with van der Waals surface area (Å²) >= 11 is 0. The van der Waals surface area contributed by atoms with Crippen LogP contribution in [0.3, 0.4) is 0 Å². The molecule has 13 heteroatoms. The van der Waals surface area contributed by atoms with Crippen molar-refractivity contribution in [3.63, 3.8) is 0 Å². The van der Waals surface area contributed by atoms with Crippen LogP contribution < -0.4 is 15.8 Å². The van der Waals surface area contributed by atoms with Gasteiger partial charge in [-0.2, -0.15) is 5.21 Å². The van der Waals surface area contributed by atoms with Crippen molar-refractivity contribution >= 4 is 28.5 Å². The first-order valence-electron chi connectivity index (χ1n) is 12.7. The highest BCUT2D eigenvalue weighted by atomic mass is 19.1. The normalized spacial score (nSPS) is 11.6. The zero-order chi connectivity index (χ0) is 29.7. The first kappa shape index (κ1) is 28.9. The molecule has 0 spiro atoms. The fourth-order valence-corrected chi connectivity index (χ4v) is 4.38. The van der Waals surface area contributed by atoms with E-state index in [4.69, 9.17) is 11.2 Å². The lowest BCUT2D eigenvalue weighted by Crippen LogP contribution is -2.42. The summed E-state index contributed by atoms with van der Waals surface area (Å²) in [5, 5.41) is 16.4. The monoisotopic (exact) mass is 560 g/mol. The third-order valence-electron chi connectivity index (χ3n) is 6.80. The predicted molar refractivity (Wildman–Crippen MR) is 149 cm³/mol. The number of terminal acetylenes is 1. The molecule has 4 rings (SSSR count). The van der Waals surface area contributed by atoms with Crippen LogP contribution in [0, 0.1) is 32.0 Å². The highest BCUT2D eigenvalue weighted by molar-refractivity contribution is 5.97. The number of carbonyl (C=O) groups excluding carboxylic acids is 2. The molecule has 2 aromatic heterocycles. The van der Waals surface area contributed by atoms with Crippen molar-refractivity contribution in [2.45, 2.75) is 39.3 Å². The number of halogens is 1. The Labute approximate surface area is 234 Å². The van der Waals surface area contributed by atoms with Crippen molar-refractivity contribution in [2.75, 3.05) is 18.6 Å². The number of carbonyl (C=O) groups is 2. The van der Waals surface area contributed by atoms with Crippen LogP contribution in [0.4, 0.5) is 10.1 Å². The first-order chi connectivity index (χ1) is 19.6. The summed E-state index contributed by atoms with van der Waals surface area (Å²) in [4.78, 5) is 44.2. The summed E-state index contributed by atoms with van der Waals surface area (Å²) in [7, 11) is 2.86. The Hall–Kier alpha value is -5.12. The second-order valence-corrected chi connectivity index (χ2v) is 9.46. The number of amides is 1. The van der Waals surface area contributed by atoms with Gasteiger partial charge < -0.3 is 15.0 Å². The minimum absolute atomic E-state index is 0.122. The molecule has 2 aromatic carbocycles. The molecule has 0 radical (unpaired) electrons. The number of H-pyrrole nitrogens is 1. The fraction of sp³-hybridized carbons (Fsp3) is 0.321. The Balaban J connectivity index is 1.56. The second-order valence-electron chi connectivity index (χ2n) is 9.46. The molecule has 41 heavy (non-hydrogen) atoms. The highest BCUT2D eigenvalue weighted by Crippen LogP contribution is 2.24. The quantitative estimate of drug-likeness (QED) is 0.219. The van der Waals surface area contributed by atoms with Crippen molar-refractivity contribution in [1.29, 1.82) is 0 Å². The van der Waals surface area contributed by atoms with E-state index in [0.717, 1.165) is 11.1 Å². The van der Waals surface area contributed by atoms with E-state index in [-0.39, 0.29) is 37.1 Å². The van der Waals surface area contributed by atoms with E-state index < -0.39 is 23.7 Å². The summed E-state index contributed by atoms with van der Waals surface area (Å²) < 4.78 is 21.5. The summed E-state index contributed by atoms with van der Waals surface area (Å²) in [5.41, 5.74) is 2.33. The van der Waals surface area contributed by atoms with Crippen LogP contribution in [-0.4, -0.2) is 61.7 Å². The van der Waals surface area contributed by atoms with Crippen molar-refractivity contribution < 1.29 is 18.7 Å². The number of methoxy groups -OCH3 is 1. The number of nitrogens with zero attached hydrogens (tertiary/aromatic N) is 6. The van der Waals surface area contributed by atoms with Gasteiger partial charge in [-0.25, -0.2) is 14.2 Å². The molecule has 1 amide bonds. The lowest BCUT2D eigenvalue weighted by molar-refractivity contribution is -0.143. The zero-order valence-electron chi connectivity index (χ0n) is 23.1. The van der Waals surface area contributed by atoms with Crippen molar-refractivity contribution in [2.24, 2.45) is 7.05 Å². The molecule has 0 fully saturated rings. The van der Waals surface area contributed by atoms with Crippen molar-refractivity contribution in [1.82, 2.24) is 35.5 Å². The number of aromatic nitrogens is 6. The molecule has 12 nitrogen and oxygen atoms in total. The molecular weight excluding hydrogens is 531 g/mol. The van der Waals surface area contributed by atoms with Crippen LogP contribution in [0.2, 0.25) is 0 Å². The Morgan fingerprint density at radius 2 is 2.05 bits per heavy atom. The van der Waals surface area contributed by atoms with Crippen LogP contribution in [0.25, 0.3) is 10.9 Å². The number of fused-ring (bicyclic) bond motifs is 1. The number of aryl methyl sites for hydroxylation is 3. The molecule has 2 N–H and O–H groups in total. The number of benzene rings is 2. The number of esters is 1. The van der Waals surface area contributed by atoms with Gasteiger partial charge in [0.15, 0.2) is 5.82 Å². The van der Waals surface area contributed by atoms with Crippen molar-refractivity contribution in [3.8, 4) is 12.3 Å². The fourth-order valence-electron chi connectivity index (χ4n) is 4.38. The van der Waals surface area contributed by atoms with Gasteiger partial charge in [0.05, 0.1) is 30.1 Å². The number of rotatable bonds is 10. The average Bonchev–Trinajstić information content (AvgIpc) is 3.47. The molecule has 0 aliphatic heterocycles. The first-order valence-corrected chi connectivity index (χ1v) is 12.7. The molecule has 212 valence electrons. The van der Waals surface area contributed by atoms with E-state index in [0.29, 0.717) is 28.2 Å². The van der Waals surface area contributed by atoms with Crippen LogP contribution in [0.15, 0.2) is 35.1 Å². The summed E-state index contributed by atoms with van der Waals surface area (Å²) in [5.74, 6) is 1.26. The van der Waals surface area contributed by atoms with Gasteiger partial charge in [0.1, 0.15) is 17.7 Å². The Kier molecular flexibility index (Phi) is 8.72. The third kappa shape index (κ3) is 6.38. The van der Waals surface area contributed by atoms with E-state index >= 15 is 4.39 Å². The van der Waals surface area contributed by atoms with Gasteiger partial charge in [-0.3, -0.25) is 14.2 Å². The molecule has 0 saturated carbocycles. The third-order valence-corrected chi connectivity index (χ3v) is 6.80. The van der Waals surface area contributed by atoms with Gasteiger partial charge in [0.25, 0.3) is 11.5 Å². The lowest BCUT2D eigenvalue weighted by Gasteiger charge is -2.24. The maximum Gasteiger partial charge on any atom is 0.328 e. The minimum Gasteiger partial charge on any atom is -0.467 e. The number of hydrogen-bond donors (Lipinski definition) is 2. The number of hydrogen-bond acceptors (Lipinski definition) is 9. The number of tetrazole rings is 1. The Morgan fingerprint density at radius 3 is 2.71 bits per heavy atom. The molecule has 0 aliphatic rings. The maximum atomic E-state index is 15.3. The molecule has 0 aliphatic carbocycles. The average molecular weight is 561 g/mol. The topological polar surface area (TPSA) is 148 Å². The molecule has 1 atom stereocenters. The van der Waals surface area contributed by atoms with Gasteiger partial charge in [-0.15, -0.1) is 16.6 Å². The molecule has 2 heterocycles. The van der Waals surface area contributed by atoms with Crippen LogP contribution in [0.5, 0.6) is 0 Å². The summed E-state index contributed by atoms with van der Waals surface area (Å²) in [6.07, 6.45) is 5.97. The number of anilines is 1. The number of aromatic amines is 1. The predicted octanol–water partition coefficient (Wildman–Crippen LogP) is 1.75.